The summed E-state index contributed by atoms with van der Waals surface area (Å²) in [6.45, 7) is 1.01. The van der Waals surface area contributed by atoms with Gasteiger partial charge >= 0.3 is 0 Å². The molecule has 36 heavy (non-hydrogen) atoms. The Morgan fingerprint density at radius 1 is 1.00 bits per heavy atom. The molecule has 2 saturated carbocycles. The van der Waals surface area contributed by atoms with Gasteiger partial charge in [-0.2, -0.15) is 0 Å². The summed E-state index contributed by atoms with van der Waals surface area (Å²) in [7, 11) is 0. The number of nitrogens with zero attached hydrogens (tertiary/aromatic N) is 3. The molecule has 9 heteroatoms. The molecule has 4 aliphatic carbocycles. The summed E-state index contributed by atoms with van der Waals surface area (Å²) >= 11 is 0. The zero-order chi connectivity index (χ0) is 25.3. The number of allylic oxidation sites excluding steroid dienone is 2. The van der Waals surface area contributed by atoms with Crippen molar-refractivity contribution in [3.05, 3.63) is 81.9 Å². The second kappa shape index (κ2) is 7.94. The number of carbonyl (C=O) groups excluding carboxylic acids is 4. The molecule has 6 unspecified atom stereocenters. The molecule has 9 nitrogen and oxygen atoms in total. The molecule has 2 aromatic carbocycles. The van der Waals surface area contributed by atoms with Gasteiger partial charge < -0.3 is 0 Å². The molecular weight excluding hydrogens is 462 g/mol. The second-order valence-corrected chi connectivity index (χ2v) is 10.0. The van der Waals surface area contributed by atoms with E-state index in [1.807, 2.05) is 0 Å². The van der Waals surface area contributed by atoms with Gasteiger partial charge in [-0.25, -0.2) is 0 Å². The third-order valence-electron chi connectivity index (χ3n) is 8.18. The maximum atomic E-state index is 13.7. The van der Waals surface area contributed by atoms with Gasteiger partial charge in [-0.1, -0.05) is 36.4 Å². The van der Waals surface area contributed by atoms with Crippen LogP contribution in [0.1, 0.15) is 34.1 Å². The van der Waals surface area contributed by atoms with Gasteiger partial charge in [0.15, 0.2) is 5.78 Å². The number of rotatable bonds is 6. The summed E-state index contributed by atoms with van der Waals surface area (Å²) in [6.07, 6.45) is 5.18. The van der Waals surface area contributed by atoms with E-state index in [-0.39, 0.29) is 53.0 Å². The molecule has 1 aliphatic heterocycles. The summed E-state index contributed by atoms with van der Waals surface area (Å²) in [4.78, 5) is 66.1. The normalized spacial score (nSPS) is 29.1. The van der Waals surface area contributed by atoms with E-state index in [9.17, 15) is 29.3 Å². The Labute approximate surface area is 206 Å². The van der Waals surface area contributed by atoms with Crippen LogP contribution in [0.3, 0.4) is 0 Å². The van der Waals surface area contributed by atoms with Crippen LogP contribution in [0.5, 0.6) is 0 Å². The molecule has 0 N–H and O–H groups in total. The molecule has 182 valence electrons. The van der Waals surface area contributed by atoms with Crippen molar-refractivity contribution in [2.45, 2.75) is 13.3 Å². The van der Waals surface area contributed by atoms with Gasteiger partial charge in [0.2, 0.25) is 11.8 Å². The van der Waals surface area contributed by atoms with Gasteiger partial charge in [-0.05, 0) is 55.2 Å². The number of imide groups is 1. The van der Waals surface area contributed by atoms with Crippen LogP contribution in [0.25, 0.3) is 0 Å². The van der Waals surface area contributed by atoms with Crippen molar-refractivity contribution in [1.82, 2.24) is 4.90 Å². The van der Waals surface area contributed by atoms with Gasteiger partial charge in [0.25, 0.3) is 11.6 Å². The molecule has 3 amide bonds. The molecule has 6 atom stereocenters. The number of para-hydroxylation sites is 1. The number of carbonyl (C=O) groups is 4. The molecular formula is C27H23N3O6. The number of ketones is 1. The first-order valence-electron chi connectivity index (χ1n) is 12.0. The van der Waals surface area contributed by atoms with Crippen molar-refractivity contribution >= 4 is 34.9 Å². The van der Waals surface area contributed by atoms with Gasteiger partial charge in [0, 0.05) is 17.3 Å². The van der Waals surface area contributed by atoms with Crippen LogP contribution in [-0.4, -0.2) is 40.0 Å². The smallest absolute Gasteiger partial charge is 0.282 e. The number of benzene rings is 2. The van der Waals surface area contributed by atoms with E-state index >= 15 is 0 Å². The summed E-state index contributed by atoms with van der Waals surface area (Å²) in [5.41, 5.74) is 0.0497. The molecule has 0 radical (unpaired) electrons. The summed E-state index contributed by atoms with van der Waals surface area (Å²) in [5.74, 6) is -1.48. The maximum absolute atomic E-state index is 13.7. The lowest BCUT2D eigenvalue weighted by Gasteiger charge is -2.37. The van der Waals surface area contributed by atoms with E-state index in [0.717, 1.165) is 11.3 Å². The van der Waals surface area contributed by atoms with Crippen LogP contribution >= 0.6 is 0 Å². The number of nitro benzene ring substituents is 1. The summed E-state index contributed by atoms with van der Waals surface area (Å²) in [6, 6.07) is 11.8. The minimum atomic E-state index is -0.734. The number of hydrogen-bond donors (Lipinski definition) is 0. The first-order chi connectivity index (χ1) is 17.3. The largest absolute Gasteiger partial charge is 0.295 e. The van der Waals surface area contributed by atoms with Gasteiger partial charge in [-0.15, -0.1) is 0 Å². The Kier molecular flexibility index (Phi) is 4.93. The SMILES string of the molecule is CC(=O)c1cccc(N(CN2C(=O)C3C4C=CC(C5CC45)C3C2=O)C(=O)c2ccccc2[N+](=O)[O-])c1. The minimum Gasteiger partial charge on any atom is -0.295 e. The fourth-order valence-electron chi connectivity index (χ4n) is 6.41. The number of nitro groups is 1. The van der Waals surface area contributed by atoms with Crippen LogP contribution in [0.15, 0.2) is 60.7 Å². The first kappa shape index (κ1) is 22.3. The van der Waals surface area contributed by atoms with Gasteiger partial charge in [-0.3, -0.25) is 39.1 Å². The van der Waals surface area contributed by atoms with E-state index in [4.69, 9.17) is 0 Å². The summed E-state index contributed by atoms with van der Waals surface area (Å²) < 4.78 is 0. The van der Waals surface area contributed by atoms with Crippen molar-refractivity contribution in [2.75, 3.05) is 11.6 Å². The molecule has 3 fully saturated rings. The average molecular weight is 485 g/mol. The van der Waals surface area contributed by atoms with Crippen molar-refractivity contribution in [1.29, 1.82) is 0 Å². The highest BCUT2D eigenvalue weighted by Gasteiger charge is 2.67. The number of hydrogen-bond acceptors (Lipinski definition) is 6. The Morgan fingerprint density at radius 2 is 1.64 bits per heavy atom. The van der Waals surface area contributed by atoms with Crippen LogP contribution in [0.2, 0.25) is 0 Å². The van der Waals surface area contributed by atoms with E-state index in [2.05, 4.69) is 12.2 Å². The maximum Gasteiger partial charge on any atom is 0.282 e. The van der Waals surface area contributed by atoms with Crippen molar-refractivity contribution in [2.24, 2.45) is 35.5 Å². The molecule has 0 aromatic heterocycles. The van der Waals surface area contributed by atoms with Crippen LogP contribution in [-0.2, 0) is 9.59 Å². The number of anilines is 1. The number of likely N-dealkylation sites (tertiary alicyclic amines) is 1. The average Bonchev–Trinajstić information content (AvgIpc) is 3.67. The van der Waals surface area contributed by atoms with Gasteiger partial charge in [0.1, 0.15) is 12.2 Å². The molecule has 0 spiro atoms. The second-order valence-electron chi connectivity index (χ2n) is 10.0. The molecule has 1 heterocycles. The van der Waals surface area contributed by atoms with E-state index in [1.54, 1.807) is 18.2 Å². The Bertz CT molecular complexity index is 1350. The lowest BCUT2D eigenvalue weighted by Crippen LogP contribution is -2.45. The fraction of sp³-hybridized carbons (Fsp3) is 0.333. The highest BCUT2D eigenvalue weighted by Crippen LogP contribution is 2.65. The predicted molar refractivity (Wildman–Crippen MR) is 128 cm³/mol. The highest BCUT2D eigenvalue weighted by molar-refractivity contribution is 6.11. The van der Waals surface area contributed by atoms with Gasteiger partial charge in [0.05, 0.1) is 16.8 Å². The minimum absolute atomic E-state index is 0.0341. The molecule has 2 bridgehead atoms. The monoisotopic (exact) mass is 485 g/mol. The van der Waals surface area contributed by atoms with E-state index in [0.29, 0.717) is 17.4 Å². The Morgan fingerprint density at radius 3 is 2.25 bits per heavy atom. The third-order valence-corrected chi connectivity index (χ3v) is 8.18. The lowest BCUT2D eigenvalue weighted by molar-refractivity contribution is -0.385. The highest BCUT2D eigenvalue weighted by atomic mass is 16.6. The van der Waals surface area contributed by atoms with E-state index in [1.165, 1.54) is 42.2 Å². The standard InChI is InChI=1S/C27H23N3O6/c1-14(31)15-5-4-6-16(11-15)28(25(32)19-7-2-3-8-22(19)30(35)36)13-29-26(33)23-17-9-10-18(21-12-20(17)21)24(23)27(29)34/h2-11,17-18,20-21,23-24H,12-13H2,1H3. The molecule has 1 saturated heterocycles. The molecule has 5 aliphatic rings. The Hall–Kier alpha value is -4.14. The quantitative estimate of drug-likeness (QED) is 0.203. The van der Waals surface area contributed by atoms with Crippen LogP contribution < -0.4 is 4.90 Å². The lowest BCUT2D eigenvalue weighted by atomic mass is 9.63. The number of amides is 3. The van der Waals surface area contributed by atoms with Crippen LogP contribution in [0.4, 0.5) is 11.4 Å². The number of Topliss-reactive ketones (excluding diaryl/α,β-unsaturated/α-hetero) is 1. The van der Waals surface area contributed by atoms with Crippen molar-refractivity contribution < 1.29 is 24.1 Å². The topological polar surface area (TPSA) is 118 Å². The molecule has 7 rings (SSSR count). The predicted octanol–water partition coefficient (Wildman–Crippen LogP) is 3.45. The van der Waals surface area contributed by atoms with Crippen LogP contribution in [0, 0.1) is 45.6 Å². The molecule has 2 aromatic rings. The van der Waals surface area contributed by atoms with E-state index < -0.39 is 22.7 Å². The van der Waals surface area contributed by atoms with Crippen molar-refractivity contribution in [3.63, 3.8) is 0 Å². The first-order valence-corrected chi connectivity index (χ1v) is 12.0. The van der Waals surface area contributed by atoms with Crippen molar-refractivity contribution in [3.8, 4) is 0 Å². The third kappa shape index (κ3) is 3.22. The fourth-order valence-corrected chi connectivity index (χ4v) is 6.41. The zero-order valence-corrected chi connectivity index (χ0v) is 19.4. The zero-order valence-electron chi connectivity index (χ0n) is 19.4. The summed E-state index contributed by atoms with van der Waals surface area (Å²) in [5, 5.41) is 11.6. The Balaban J connectivity index is 1.39.